The zero-order valence-electron chi connectivity index (χ0n) is 8.30. The number of benzene rings is 1. The number of carbonyl (C=O) groups is 2. The second-order valence-corrected chi connectivity index (χ2v) is 5.14. The Bertz CT molecular complexity index is 561. The molecule has 0 unspecified atom stereocenters. The minimum atomic E-state index is -3.72. The lowest BCUT2D eigenvalue weighted by Gasteiger charge is -2.05. The largest absolute Gasteiger partial charge is 0.478 e. The van der Waals surface area contributed by atoms with Crippen molar-refractivity contribution < 1.29 is 23.1 Å². The van der Waals surface area contributed by atoms with Crippen LogP contribution in [0, 0.1) is 0 Å². The number of hydrogen-bond donors (Lipinski definition) is 2. The lowest BCUT2D eigenvalue weighted by molar-refractivity contribution is 0.0692. The second kappa shape index (κ2) is 3.93. The molecule has 0 heterocycles. The summed E-state index contributed by atoms with van der Waals surface area (Å²) in [6.07, 6.45) is 0.861. The molecule has 0 radical (unpaired) electrons. The van der Waals surface area contributed by atoms with Crippen LogP contribution in [-0.4, -0.2) is 31.7 Å². The first-order valence-corrected chi connectivity index (χ1v) is 6.00. The van der Waals surface area contributed by atoms with Crippen LogP contribution in [0.1, 0.15) is 20.7 Å². The van der Waals surface area contributed by atoms with Crippen molar-refractivity contribution in [3.05, 3.63) is 29.3 Å². The Kier molecular flexibility index (Phi) is 2.99. The van der Waals surface area contributed by atoms with E-state index in [1.165, 1.54) is 6.07 Å². The molecule has 1 amide bonds. The van der Waals surface area contributed by atoms with E-state index in [9.17, 15) is 18.0 Å². The van der Waals surface area contributed by atoms with Crippen LogP contribution in [0.5, 0.6) is 0 Å². The number of aromatic carboxylic acids is 1. The van der Waals surface area contributed by atoms with Crippen molar-refractivity contribution in [3.63, 3.8) is 0 Å². The van der Waals surface area contributed by atoms with Gasteiger partial charge in [0.05, 0.1) is 10.5 Å². The molecule has 16 heavy (non-hydrogen) atoms. The van der Waals surface area contributed by atoms with Crippen molar-refractivity contribution in [1.29, 1.82) is 0 Å². The predicted octanol–water partition coefficient (Wildman–Crippen LogP) is -0.113. The Morgan fingerprint density at radius 1 is 1.31 bits per heavy atom. The summed E-state index contributed by atoms with van der Waals surface area (Å²) in [6.45, 7) is 0. The van der Waals surface area contributed by atoms with E-state index in [4.69, 9.17) is 10.8 Å². The molecule has 0 spiro atoms. The number of hydrogen-bond acceptors (Lipinski definition) is 4. The number of rotatable bonds is 3. The molecular weight excluding hydrogens is 234 g/mol. The predicted molar refractivity (Wildman–Crippen MR) is 55.0 cm³/mol. The zero-order valence-corrected chi connectivity index (χ0v) is 9.11. The summed E-state index contributed by atoms with van der Waals surface area (Å²) in [4.78, 5) is 21.2. The Balaban J connectivity index is 3.58. The molecule has 7 heteroatoms. The molecule has 0 aliphatic heterocycles. The highest BCUT2D eigenvalue weighted by Gasteiger charge is 2.19. The van der Waals surface area contributed by atoms with Gasteiger partial charge >= 0.3 is 5.97 Å². The van der Waals surface area contributed by atoms with Crippen molar-refractivity contribution >= 4 is 21.7 Å². The maximum Gasteiger partial charge on any atom is 0.337 e. The maximum absolute atomic E-state index is 11.3. The van der Waals surface area contributed by atoms with Crippen LogP contribution in [0.25, 0.3) is 0 Å². The van der Waals surface area contributed by atoms with E-state index in [2.05, 4.69) is 0 Å². The molecule has 86 valence electrons. The number of carbonyl (C=O) groups excluding carboxylic acids is 1. The van der Waals surface area contributed by atoms with E-state index < -0.39 is 26.6 Å². The van der Waals surface area contributed by atoms with E-state index in [0.29, 0.717) is 0 Å². The van der Waals surface area contributed by atoms with Crippen molar-refractivity contribution in [3.8, 4) is 0 Å². The monoisotopic (exact) mass is 243 g/mol. The Morgan fingerprint density at radius 3 is 2.25 bits per heavy atom. The lowest BCUT2D eigenvalue weighted by Crippen LogP contribution is -2.14. The normalized spacial score (nSPS) is 11.1. The molecule has 3 N–H and O–H groups in total. The fourth-order valence-electron chi connectivity index (χ4n) is 1.16. The quantitative estimate of drug-likeness (QED) is 0.768. The van der Waals surface area contributed by atoms with Gasteiger partial charge in [-0.15, -0.1) is 0 Å². The average Bonchev–Trinajstić information content (AvgIpc) is 2.15. The highest BCUT2D eigenvalue weighted by atomic mass is 32.2. The summed E-state index contributed by atoms with van der Waals surface area (Å²) in [5, 5.41) is 8.78. The maximum atomic E-state index is 11.3. The molecule has 1 rings (SSSR count). The molecule has 0 atom stereocenters. The first-order valence-electron chi connectivity index (χ1n) is 4.10. The molecule has 0 saturated carbocycles. The van der Waals surface area contributed by atoms with Crippen LogP contribution < -0.4 is 5.73 Å². The van der Waals surface area contributed by atoms with Crippen LogP contribution in [-0.2, 0) is 9.84 Å². The van der Waals surface area contributed by atoms with Gasteiger partial charge in [-0.3, -0.25) is 4.79 Å². The molecule has 0 aliphatic carbocycles. The average molecular weight is 243 g/mol. The van der Waals surface area contributed by atoms with E-state index in [-0.39, 0.29) is 11.1 Å². The van der Waals surface area contributed by atoms with Gasteiger partial charge in [-0.25, -0.2) is 13.2 Å². The van der Waals surface area contributed by atoms with Crippen LogP contribution in [0.4, 0.5) is 0 Å². The number of carboxylic acids is 1. The summed E-state index contributed by atoms with van der Waals surface area (Å²) >= 11 is 0. The van der Waals surface area contributed by atoms with Crippen molar-refractivity contribution in [2.75, 3.05) is 6.26 Å². The summed E-state index contributed by atoms with van der Waals surface area (Å²) < 4.78 is 22.6. The van der Waals surface area contributed by atoms with E-state index >= 15 is 0 Å². The highest BCUT2D eigenvalue weighted by molar-refractivity contribution is 7.90. The number of nitrogens with two attached hydrogens (primary N) is 1. The molecule has 6 nitrogen and oxygen atoms in total. The molecule has 0 bridgehead atoms. The molecule has 0 aromatic heterocycles. The fourth-order valence-corrected chi connectivity index (χ4v) is 2.05. The smallest absolute Gasteiger partial charge is 0.337 e. The second-order valence-electron chi connectivity index (χ2n) is 3.15. The molecule has 1 aromatic carbocycles. The number of amides is 1. The van der Waals surface area contributed by atoms with Gasteiger partial charge in [0.1, 0.15) is 0 Å². The molecule has 1 aromatic rings. The standard InChI is InChI=1S/C9H9NO5S/c1-16(14,15)7-4-5(8(10)11)2-3-6(7)9(12)13/h2-4H,1H3,(H2,10,11)(H,12,13). The Morgan fingerprint density at radius 2 is 1.88 bits per heavy atom. The zero-order chi connectivity index (χ0) is 12.5. The molecular formula is C9H9NO5S. The van der Waals surface area contributed by atoms with E-state index in [1.54, 1.807) is 0 Å². The van der Waals surface area contributed by atoms with Gasteiger partial charge in [0, 0.05) is 11.8 Å². The molecule has 0 aliphatic rings. The number of primary amides is 1. The minimum absolute atomic E-state index is 0.0505. The van der Waals surface area contributed by atoms with Crippen LogP contribution in [0.2, 0.25) is 0 Å². The molecule has 0 fully saturated rings. The topological polar surface area (TPSA) is 115 Å². The summed E-state index contributed by atoms with van der Waals surface area (Å²) in [7, 11) is -3.72. The van der Waals surface area contributed by atoms with E-state index in [1.807, 2.05) is 0 Å². The first kappa shape index (κ1) is 12.2. The van der Waals surface area contributed by atoms with Crippen LogP contribution in [0.3, 0.4) is 0 Å². The highest BCUT2D eigenvalue weighted by Crippen LogP contribution is 2.17. The van der Waals surface area contributed by atoms with Crippen molar-refractivity contribution in [1.82, 2.24) is 0 Å². The molecule has 0 saturated heterocycles. The Labute approximate surface area is 91.6 Å². The third-order valence-corrected chi connectivity index (χ3v) is 3.03. The van der Waals surface area contributed by atoms with Gasteiger partial charge < -0.3 is 10.8 Å². The first-order chi connectivity index (χ1) is 7.23. The SMILES string of the molecule is CS(=O)(=O)c1cc(C(N)=O)ccc1C(=O)O. The fraction of sp³-hybridized carbons (Fsp3) is 0.111. The van der Waals surface area contributed by atoms with Gasteiger partial charge in [-0.2, -0.15) is 0 Å². The van der Waals surface area contributed by atoms with Crippen molar-refractivity contribution in [2.45, 2.75) is 4.90 Å². The third-order valence-electron chi connectivity index (χ3n) is 1.90. The van der Waals surface area contributed by atoms with Gasteiger partial charge in [0.15, 0.2) is 9.84 Å². The van der Waals surface area contributed by atoms with Gasteiger partial charge in [-0.1, -0.05) is 0 Å². The summed E-state index contributed by atoms with van der Waals surface area (Å²) in [5.41, 5.74) is 4.54. The number of sulfone groups is 1. The number of carboxylic acid groups (broad SMARTS) is 1. The van der Waals surface area contributed by atoms with Gasteiger partial charge in [0.2, 0.25) is 5.91 Å². The van der Waals surface area contributed by atoms with Crippen molar-refractivity contribution in [2.24, 2.45) is 5.73 Å². The van der Waals surface area contributed by atoms with E-state index in [0.717, 1.165) is 18.4 Å². The van der Waals surface area contributed by atoms with Gasteiger partial charge in [-0.05, 0) is 18.2 Å². The van der Waals surface area contributed by atoms with Crippen LogP contribution in [0.15, 0.2) is 23.1 Å². The van der Waals surface area contributed by atoms with Gasteiger partial charge in [0.25, 0.3) is 0 Å². The van der Waals surface area contributed by atoms with Crippen LogP contribution >= 0.6 is 0 Å². The Hall–Kier alpha value is -1.89. The minimum Gasteiger partial charge on any atom is -0.478 e. The summed E-state index contributed by atoms with van der Waals surface area (Å²) in [6, 6.07) is 3.17. The summed E-state index contributed by atoms with van der Waals surface area (Å²) in [5.74, 6) is -2.20. The lowest BCUT2D eigenvalue weighted by atomic mass is 10.1. The third kappa shape index (κ3) is 2.37.